The van der Waals surface area contributed by atoms with Gasteiger partial charge >= 0.3 is 5.97 Å². The molecule has 2 aromatic carbocycles. The van der Waals surface area contributed by atoms with Crippen molar-refractivity contribution in [3.8, 4) is 17.4 Å². The number of carbonyl (C=O) groups is 2. The van der Waals surface area contributed by atoms with Gasteiger partial charge in [0.05, 0.1) is 12.7 Å². The first-order valence-electron chi connectivity index (χ1n) is 9.84. The highest BCUT2D eigenvalue weighted by Gasteiger charge is 2.16. The Morgan fingerprint density at radius 1 is 1.06 bits per heavy atom. The molecule has 0 radical (unpaired) electrons. The molecule has 0 atom stereocenters. The average Bonchev–Trinajstić information content (AvgIpc) is 3.28. The van der Waals surface area contributed by atoms with Crippen molar-refractivity contribution in [3.63, 3.8) is 0 Å². The highest BCUT2D eigenvalue weighted by Crippen LogP contribution is 2.27. The van der Waals surface area contributed by atoms with Gasteiger partial charge in [-0.1, -0.05) is 48.5 Å². The number of furan rings is 1. The smallest absolute Gasteiger partial charge is 0.338 e. The number of benzene rings is 2. The van der Waals surface area contributed by atoms with Gasteiger partial charge in [0.1, 0.15) is 23.2 Å². The van der Waals surface area contributed by atoms with Gasteiger partial charge in [-0.2, -0.15) is 5.26 Å². The highest BCUT2D eigenvalue weighted by atomic mass is 16.5. The molecular weight excluding hydrogens is 392 g/mol. The molecule has 3 aromatic rings. The van der Waals surface area contributed by atoms with Crippen LogP contribution in [0.3, 0.4) is 0 Å². The quantitative estimate of drug-likeness (QED) is 0.255. The Morgan fingerprint density at radius 3 is 2.55 bits per heavy atom. The third-order valence-electron chi connectivity index (χ3n) is 4.65. The van der Waals surface area contributed by atoms with E-state index in [4.69, 9.17) is 9.15 Å². The highest BCUT2D eigenvalue weighted by molar-refractivity contribution is 6.01. The number of methoxy groups -OCH3 is 1. The zero-order valence-electron chi connectivity index (χ0n) is 17.1. The normalized spacial score (nSPS) is 10.9. The molecule has 0 aliphatic carbocycles. The van der Waals surface area contributed by atoms with E-state index in [9.17, 15) is 14.9 Å². The Kier molecular flexibility index (Phi) is 7.39. The van der Waals surface area contributed by atoms with Crippen LogP contribution in [0.4, 0.5) is 0 Å². The molecule has 0 saturated heterocycles. The van der Waals surface area contributed by atoms with Crippen LogP contribution in [0, 0.1) is 11.3 Å². The number of rotatable bonds is 8. The van der Waals surface area contributed by atoms with Crippen LogP contribution in [0.1, 0.15) is 28.1 Å². The van der Waals surface area contributed by atoms with E-state index in [1.165, 1.54) is 18.7 Å². The molecule has 0 bridgehead atoms. The second-order valence-corrected chi connectivity index (χ2v) is 6.75. The van der Waals surface area contributed by atoms with Crippen molar-refractivity contribution in [3.05, 3.63) is 89.2 Å². The average molecular weight is 414 g/mol. The minimum Gasteiger partial charge on any atom is -0.465 e. The van der Waals surface area contributed by atoms with Gasteiger partial charge in [-0.05, 0) is 36.6 Å². The molecule has 0 fully saturated rings. The van der Waals surface area contributed by atoms with Gasteiger partial charge in [0.2, 0.25) is 0 Å². The Hall–Kier alpha value is -4.11. The summed E-state index contributed by atoms with van der Waals surface area (Å²) in [7, 11) is 1.31. The van der Waals surface area contributed by atoms with E-state index in [1.54, 1.807) is 36.4 Å². The first-order valence-corrected chi connectivity index (χ1v) is 9.84. The number of aryl methyl sites for hydroxylation is 1. The molecule has 6 heteroatoms. The summed E-state index contributed by atoms with van der Waals surface area (Å²) in [5, 5.41) is 12.1. The predicted molar refractivity (Wildman–Crippen MR) is 117 cm³/mol. The number of hydrogen-bond acceptors (Lipinski definition) is 5. The zero-order valence-corrected chi connectivity index (χ0v) is 17.1. The van der Waals surface area contributed by atoms with Crippen LogP contribution in [-0.4, -0.2) is 25.5 Å². The molecule has 0 spiro atoms. The summed E-state index contributed by atoms with van der Waals surface area (Å²) in [6.07, 6.45) is 2.99. The Balaban J connectivity index is 1.65. The summed E-state index contributed by atoms with van der Waals surface area (Å²) in [4.78, 5) is 24.3. The molecule has 1 amide bonds. The molecule has 1 aromatic heterocycles. The van der Waals surface area contributed by atoms with E-state index in [1.807, 2.05) is 36.4 Å². The van der Waals surface area contributed by atoms with E-state index in [2.05, 4.69) is 5.32 Å². The number of nitrogens with zero attached hydrogens (tertiary/aromatic N) is 1. The minimum atomic E-state index is -0.475. The van der Waals surface area contributed by atoms with Gasteiger partial charge < -0.3 is 14.5 Å². The molecule has 1 heterocycles. The SMILES string of the molecule is COC(=O)c1ccccc1-c1ccc(/C=C(/C#N)C(=O)NCCCc2ccccc2)o1. The van der Waals surface area contributed by atoms with Crippen molar-refractivity contribution in [2.75, 3.05) is 13.7 Å². The number of carbonyl (C=O) groups excluding carboxylic acids is 2. The van der Waals surface area contributed by atoms with Gasteiger partial charge in [-0.3, -0.25) is 4.79 Å². The minimum absolute atomic E-state index is 0.0538. The summed E-state index contributed by atoms with van der Waals surface area (Å²) < 4.78 is 10.6. The number of hydrogen-bond donors (Lipinski definition) is 1. The fourth-order valence-corrected chi connectivity index (χ4v) is 3.09. The van der Waals surface area contributed by atoms with Crippen molar-refractivity contribution < 1.29 is 18.7 Å². The number of nitriles is 1. The molecule has 31 heavy (non-hydrogen) atoms. The summed E-state index contributed by atoms with van der Waals surface area (Å²) in [5.74, 6) is -0.154. The van der Waals surface area contributed by atoms with Crippen LogP contribution >= 0.6 is 0 Å². The largest absolute Gasteiger partial charge is 0.465 e. The van der Waals surface area contributed by atoms with Gasteiger partial charge in [0.15, 0.2) is 0 Å². The topological polar surface area (TPSA) is 92.3 Å². The summed E-state index contributed by atoms with van der Waals surface area (Å²) in [6, 6.07) is 22.1. The van der Waals surface area contributed by atoms with Crippen molar-refractivity contribution >= 4 is 18.0 Å². The summed E-state index contributed by atoms with van der Waals surface area (Å²) in [6.45, 7) is 0.461. The van der Waals surface area contributed by atoms with E-state index < -0.39 is 11.9 Å². The third-order valence-corrected chi connectivity index (χ3v) is 4.65. The molecule has 1 N–H and O–H groups in total. The lowest BCUT2D eigenvalue weighted by molar-refractivity contribution is -0.117. The van der Waals surface area contributed by atoms with E-state index >= 15 is 0 Å². The van der Waals surface area contributed by atoms with Crippen LogP contribution in [0.15, 0.2) is 76.7 Å². The Morgan fingerprint density at radius 2 is 1.81 bits per heavy atom. The van der Waals surface area contributed by atoms with Gasteiger partial charge in [-0.15, -0.1) is 0 Å². The van der Waals surface area contributed by atoms with Crippen molar-refractivity contribution in [1.82, 2.24) is 5.32 Å². The van der Waals surface area contributed by atoms with E-state index in [0.29, 0.717) is 29.2 Å². The lowest BCUT2D eigenvalue weighted by Crippen LogP contribution is -2.25. The standard InChI is InChI=1S/C25H22N2O4/c1-30-25(29)22-12-6-5-11-21(22)23-14-13-20(31-23)16-19(17-26)24(28)27-15-7-10-18-8-3-2-4-9-18/h2-6,8-9,11-14,16H,7,10,15H2,1H3,(H,27,28)/b19-16-. The first kappa shape index (κ1) is 21.6. The molecule has 0 aliphatic rings. The molecule has 0 unspecified atom stereocenters. The molecule has 0 saturated carbocycles. The Labute approximate surface area is 180 Å². The van der Waals surface area contributed by atoms with Crippen LogP contribution in [0.5, 0.6) is 0 Å². The zero-order chi connectivity index (χ0) is 22.1. The second-order valence-electron chi connectivity index (χ2n) is 6.75. The number of nitrogens with one attached hydrogen (secondary N) is 1. The Bertz CT molecular complexity index is 1120. The van der Waals surface area contributed by atoms with Crippen LogP contribution in [0.2, 0.25) is 0 Å². The second kappa shape index (κ2) is 10.6. The predicted octanol–water partition coefficient (Wildman–Crippen LogP) is 4.39. The van der Waals surface area contributed by atoms with Gasteiger partial charge in [0.25, 0.3) is 5.91 Å². The number of amides is 1. The maximum absolute atomic E-state index is 12.3. The van der Waals surface area contributed by atoms with Crippen molar-refractivity contribution in [1.29, 1.82) is 5.26 Å². The van der Waals surface area contributed by atoms with Crippen molar-refractivity contribution in [2.24, 2.45) is 0 Å². The maximum Gasteiger partial charge on any atom is 0.338 e. The maximum atomic E-state index is 12.3. The van der Waals surface area contributed by atoms with Crippen LogP contribution in [0.25, 0.3) is 17.4 Å². The number of esters is 1. The molecule has 156 valence electrons. The first-order chi connectivity index (χ1) is 15.1. The van der Waals surface area contributed by atoms with Crippen molar-refractivity contribution in [2.45, 2.75) is 12.8 Å². The lowest BCUT2D eigenvalue weighted by atomic mass is 10.1. The monoisotopic (exact) mass is 414 g/mol. The fraction of sp³-hybridized carbons (Fsp3) is 0.160. The molecule has 0 aliphatic heterocycles. The van der Waals surface area contributed by atoms with Crippen LogP contribution < -0.4 is 5.32 Å². The number of ether oxygens (including phenoxy) is 1. The van der Waals surface area contributed by atoms with E-state index in [0.717, 1.165) is 12.8 Å². The summed E-state index contributed by atoms with van der Waals surface area (Å²) >= 11 is 0. The third kappa shape index (κ3) is 5.71. The lowest BCUT2D eigenvalue weighted by Gasteiger charge is -2.05. The molecule has 3 rings (SSSR count). The van der Waals surface area contributed by atoms with Gasteiger partial charge in [0, 0.05) is 18.2 Å². The molecular formula is C25H22N2O4. The summed E-state index contributed by atoms with van der Waals surface area (Å²) in [5.41, 5.74) is 2.08. The van der Waals surface area contributed by atoms with Gasteiger partial charge in [-0.25, -0.2) is 4.79 Å². The molecule has 6 nitrogen and oxygen atoms in total. The van der Waals surface area contributed by atoms with Crippen LogP contribution in [-0.2, 0) is 16.0 Å². The fourth-order valence-electron chi connectivity index (χ4n) is 3.09. The van der Waals surface area contributed by atoms with E-state index in [-0.39, 0.29) is 5.57 Å².